The predicted octanol–water partition coefficient (Wildman–Crippen LogP) is 1.13. The fourth-order valence-electron chi connectivity index (χ4n) is 1.01. The van der Waals surface area contributed by atoms with Crippen molar-refractivity contribution in [2.24, 2.45) is 5.92 Å². The Morgan fingerprint density at radius 1 is 1.47 bits per heavy atom. The molecule has 1 aromatic heterocycles. The lowest BCUT2D eigenvalue weighted by Crippen LogP contribution is -2.19. The van der Waals surface area contributed by atoms with E-state index in [4.69, 9.17) is 5.11 Å². The van der Waals surface area contributed by atoms with Gasteiger partial charge in [-0.3, -0.25) is 14.6 Å². The fourth-order valence-corrected chi connectivity index (χ4v) is 1.01. The van der Waals surface area contributed by atoms with Gasteiger partial charge in [-0.25, -0.2) is 0 Å². The molecule has 0 saturated carbocycles. The van der Waals surface area contributed by atoms with Gasteiger partial charge in [-0.2, -0.15) is 0 Å². The molecule has 5 heteroatoms. The summed E-state index contributed by atoms with van der Waals surface area (Å²) >= 11 is 0. The summed E-state index contributed by atoms with van der Waals surface area (Å²) in [7, 11) is 0. The van der Waals surface area contributed by atoms with E-state index in [0.717, 1.165) is 0 Å². The van der Waals surface area contributed by atoms with Crippen LogP contribution in [0.25, 0.3) is 0 Å². The third-order valence-electron chi connectivity index (χ3n) is 1.88. The highest BCUT2D eigenvalue weighted by molar-refractivity contribution is 5.92. The van der Waals surface area contributed by atoms with Gasteiger partial charge in [-0.15, -0.1) is 0 Å². The molecule has 0 aliphatic heterocycles. The first-order chi connectivity index (χ1) is 7.09. The number of carbonyl (C=O) groups is 2. The molecule has 1 heterocycles. The molecule has 1 rings (SSSR count). The molecule has 0 spiro atoms. The van der Waals surface area contributed by atoms with Gasteiger partial charge >= 0.3 is 5.97 Å². The minimum Gasteiger partial charge on any atom is -0.481 e. The van der Waals surface area contributed by atoms with Gasteiger partial charge in [0.25, 0.3) is 0 Å². The van der Waals surface area contributed by atoms with Crippen LogP contribution in [0.5, 0.6) is 0 Å². The highest BCUT2D eigenvalue weighted by Crippen LogP contribution is 2.07. The van der Waals surface area contributed by atoms with Gasteiger partial charge in [-0.1, -0.05) is 6.92 Å². The van der Waals surface area contributed by atoms with E-state index in [1.807, 2.05) is 0 Å². The normalized spacial score (nSPS) is 11.8. The summed E-state index contributed by atoms with van der Waals surface area (Å²) in [5, 5.41) is 11.2. The first-order valence-corrected chi connectivity index (χ1v) is 4.52. The number of carboxylic acids is 1. The van der Waals surface area contributed by atoms with Gasteiger partial charge in [0.2, 0.25) is 5.91 Å². The topological polar surface area (TPSA) is 79.3 Å². The Hall–Kier alpha value is -1.91. The lowest BCUT2D eigenvalue weighted by atomic mass is 10.1. The van der Waals surface area contributed by atoms with Crippen molar-refractivity contribution in [1.82, 2.24) is 4.98 Å². The highest BCUT2D eigenvalue weighted by atomic mass is 16.4. The Morgan fingerprint density at radius 2 is 2.07 bits per heavy atom. The average molecular weight is 208 g/mol. The number of anilines is 1. The zero-order chi connectivity index (χ0) is 11.3. The molecule has 1 unspecified atom stereocenters. The quantitative estimate of drug-likeness (QED) is 0.777. The van der Waals surface area contributed by atoms with Crippen LogP contribution in [0.2, 0.25) is 0 Å². The Kier molecular flexibility index (Phi) is 3.79. The van der Waals surface area contributed by atoms with Gasteiger partial charge in [-0.05, 0) is 12.1 Å². The molecule has 80 valence electrons. The van der Waals surface area contributed by atoms with Gasteiger partial charge < -0.3 is 10.4 Å². The zero-order valence-corrected chi connectivity index (χ0v) is 8.30. The van der Waals surface area contributed by atoms with Gasteiger partial charge in [0.1, 0.15) is 0 Å². The Balaban J connectivity index is 2.47. The molecule has 15 heavy (non-hydrogen) atoms. The molecule has 0 radical (unpaired) electrons. The van der Waals surface area contributed by atoms with Gasteiger partial charge in [0.15, 0.2) is 0 Å². The van der Waals surface area contributed by atoms with E-state index in [0.29, 0.717) is 5.69 Å². The molecule has 0 aromatic carbocycles. The third kappa shape index (κ3) is 3.76. The minimum atomic E-state index is -0.972. The number of hydrogen-bond acceptors (Lipinski definition) is 3. The van der Waals surface area contributed by atoms with Crippen LogP contribution in [-0.2, 0) is 9.59 Å². The summed E-state index contributed by atoms with van der Waals surface area (Å²) < 4.78 is 0. The number of rotatable bonds is 4. The molecule has 1 atom stereocenters. The van der Waals surface area contributed by atoms with Crippen molar-refractivity contribution >= 4 is 17.6 Å². The molecule has 0 saturated heterocycles. The van der Waals surface area contributed by atoms with E-state index in [1.165, 1.54) is 6.92 Å². The van der Waals surface area contributed by atoms with Crippen LogP contribution in [0.4, 0.5) is 5.69 Å². The second-order valence-corrected chi connectivity index (χ2v) is 3.23. The number of nitrogens with one attached hydrogen (secondary N) is 1. The Bertz CT molecular complexity index is 351. The van der Waals surface area contributed by atoms with Gasteiger partial charge in [0, 0.05) is 24.5 Å². The SMILES string of the molecule is CC(CC(=O)Nc1ccncc1)C(=O)O. The van der Waals surface area contributed by atoms with Crippen LogP contribution in [0, 0.1) is 5.92 Å². The zero-order valence-electron chi connectivity index (χ0n) is 8.30. The maximum atomic E-state index is 11.3. The number of hydrogen-bond donors (Lipinski definition) is 2. The molecule has 0 aliphatic rings. The molecule has 0 bridgehead atoms. The van der Waals surface area contributed by atoms with Crippen molar-refractivity contribution < 1.29 is 14.7 Å². The van der Waals surface area contributed by atoms with Crippen LogP contribution in [-0.4, -0.2) is 22.0 Å². The number of aromatic nitrogens is 1. The monoisotopic (exact) mass is 208 g/mol. The summed E-state index contributed by atoms with van der Waals surface area (Å²) in [6, 6.07) is 3.28. The van der Waals surface area contributed by atoms with E-state index < -0.39 is 11.9 Å². The number of amides is 1. The first kappa shape index (κ1) is 11.2. The van der Waals surface area contributed by atoms with E-state index in [1.54, 1.807) is 24.5 Å². The maximum Gasteiger partial charge on any atom is 0.306 e. The van der Waals surface area contributed by atoms with E-state index >= 15 is 0 Å². The minimum absolute atomic E-state index is 0.0301. The number of pyridine rings is 1. The molecule has 0 aliphatic carbocycles. The summed E-state index contributed by atoms with van der Waals surface area (Å²) in [4.78, 5) is 25.6. The van der Waals surface area contributed by atoms with Crippen molar-refractivity contribution in [1.29, 1.82) is 0 Å². The number of nitrogens with zero attached hydrogens (tertiary/aromatic N) is 1. The van der Waals surface area contributed by atoms with E-state index in [2.05, 4.69) is 10.3 Å². The largest absolute Gasteiger partial charge is 0.481 e. The van der Waals surface area contributed by atoms with Gasteiger partial charge in [0.05, 0.1) is 5.92 Å². The summed E-state index contributed by atoms with van der Waals surface area (Å²) in [5.41, 5.74) is 0.618. The molecular formula is C10H12N2O3. The van der Waals surface area contributed by atoms with Crippen LogP contribution in [0.15, 0.2) is 24.5 Å². The van der Waals surface area contributed by atoms with Crippen LogP contribution in [0.3, 0.4) is 0 Å². The molecule has 2 N–H and O–H groups in total. The van der Waals surface area contributed by atoms with E-state index in [9.17, 15) is 9.59 Å². The molecule has 0 fully saturated rings. The highest BCUT2D eigenvalue weighted by Gasteiger charge is 2.15. The molecule has 5 nitrogen and oxygen atoms in total. The summed E-state index contributed by atoms with van der Waals surface area (Å²) in [5.74, 6) is -1.96. The number of aliphatic carboxylic acids is 1. The van der Waals surface area contributed by atoms with Crippen molar-refractivity contribution in [3.8, 4) is 0 Å². The van der Waals surface area contributed by atoms with E-state index in [-0.39, 0.29) is 12.3 Å². The number of carboxylic acid groups (broad SMARTS) is 1. The number of carbonyl (C=O) groups excluding carboxylic acids is 1. The van der Waals surface area contributed by atoms with Crippen molar-refractivity contribution in [2.45, 2.75) is 13.3 Å². The second kappa shape index (κ2) is 5.09. The smallest absolute Gasteiger partial charge is 0.306 e. The first-order valence-electron chi connectivity index (χ1n) is 4.52. The molecule has 1 amide bonds. The molecule has 1 aromatic rings. The Labute approximate surface area is 87.1 Å². The van der Waals surface area contributed by atoms with Crippen molar-refractivity contribution in [2.75, 3.05) is 5.32 Å². The standard InChI is InChI=1S/C10H12N2O3/c1-7(10(14)15)6-9(13)12-8-2-4-11-5-3-8/h2-5,7H,6H2,1H3,(H,14,15)(H,11,12,13). The third-order valence-corrected chi connectivity index (χ3v) is 1.88. The Morgan fingerprint density at radius 3 is 2.60 bits per heavy atom. The van der Waals surface area contributed by atoms with Crippen LogP contribution in [0.1, 0.15) is 13.3 Å². The molecular weight excluding hydrogens is 196 g/mol. The van der Waals surface area contributed by atoms with Crippen molar-refractivity contribution in [3.05, 3.63) is 24.5 Å². The second-order valence-electron chi connectivity index (χ2n) is 3.23. The predicted molar refractivity (Wildman–Crippen MR) is 54.3 cm³/mol. The summed E-state index contributed by atoms with van der Waals surface area (Å²) in [6.45, 7) is 1.49. The summed E-state index contributed by atoms with van der Waals surface area (Å²) in [6.07, 6.45) is 3.07. The lowest BCUT2D eigenvalue weighted by Gasteiger charge is -2.06. The van der Waals surface area contributed by atoms with Crippen LogP contribution < -0.4 is 5.32 Å². The maximum absolute atomic E-state index is 11.3. The lowest BCUT2D eigenvalue weighted by molar-refractivity contribution is -0.142. The fraction of sp³-hybridized carbons (Fsp3) is 0.300. The van der Waals surface area contributed by atoms with Crippen LogP contribution >= 0.6 is 0 Å². The average Bonchev–Trinajstić information content (AvgIpc) is 2.18. The van der Waals surface area contributed by atoms with Crippen molar-refractivity contribution in [3.63, 3.8) is 0 Å².